The molecule has 0 aliphatic carbocycles. The lowest BCUT2D eigenvalue weighted by Gasteiger charge is -2.18. The van der Waals surface area contributed by atoms with Gasteiger partial charge in [0.15, 0.2) is 5.75 Å². The second kappa shape index (κ2) is 11.1. The Morgan fingerprint density at radius 1 is 0.886 bits per heavy atom. The van der Waals surface area contributed by atoms with Crippen LogP contribution in [0.2, 0.25) is 0 Å². The first-order chi connectivity index (χ1) is 17.0. The molecule has 0 unspecified atom stereocenters. The highest BCUT2D eigenvalue weighted by Gasteiger charge is 2.19. The van der Waals surface area contributed by atoms with Gasteiger partial charge in [-0.3, -0.25) is 0 Å². The molecule has 0 aliphatic heterocycles. The van der Waals surface area contributed by atoms with Crippen LogP contribution in [-0.2, 0) is 0 Å². The van der Waals surface area contributed by atoms with E-state index < -0.39 is 11.4 Å². The molecule has 1 heterocycles. The number of hydrogen-bond acceptors (Lipinski definition) is 6. The third-order valence-corrected chi connectivity index (χ3v) is 5.81. The van der Waals surface area contributed by atoms with E-state index >= 15 is 0 Å². The molecule has 0 N–H and O–H groups in total. The predicted molar refractivity (Wildman–Crippen MR) is 134 cm³/mol. The van der Waals surface area contributed by atoms with Crippen LogP contribution in [0.3, 0.4) is 0 Å². The van der Waals surface area contributed by atoms with Crippen LogP contribution in [-0.4, -0.2) is 38.3 Å². The van der Waals surface area contributed by atoms with Crippen molar-refractivity contribution in [1.29, 1.82) is 0 Å². The first kappa shape index (κ1) is 24.3. The summed E-state index contributed by atoms with van der Waals surface area (Å²) in [6, 6.07) is 18.0. The molecule has 7 heteroatoms. The number of hydrogen-bond donors (Lipinski definition) is 0. The topological polar surface area (TPSA) is 61.1 Å². The first-order valence-electron chi connectivity index (χ1n) is 11.6. The fraction of sp³-hybridized carbons (Fsp3) is 0.250. The Bertz CT molecular complexity index is 1330. The largest absolute Gasteiger partial charge is 0.497 e. The van der Waals surface area contributed by atoms with Gasteiger partial charge in [-0.2, -0.15) is 0 Å². The monoisotopic (exact) mass is 477 g/mol. The molecule has 0 bridgehead atoms. The van der Waals surface area contributed by atoms with E-state index in [1.807, 2.05) is 12.1 Å². The van der Waals surface area contributed by atoms with Crippen molar-refractivity contribution in [3.63, 3.8) is 0 Å². The minimum absolute atomic E-state index is 0.210. The summed E-state index contributed by atoms with van der Waals surface area (Å²) < 4.78 is 36.5. The fourth-order valence-electron chi connectivity index (χ4n) is 3.81. The van der Waals surface area contributed by atoms with Crippen molar-refractivity contribution in [2.75, 3.05) is 33.4 Å². The van der Waals surface area contributed by atoms with Gasteiger partial charge in [-0.1, -0.05) is 26.0 Å². The lowest BCUT2D eigenvalue weighted by Crippen LogP contribution is -2.27. The molecule has 35 heavy (non-hydrogen) atoms. The summed E-state index contributed by atoms with van der Waals surface area (Å²) in [6.07, 6.45) is 0. The molecule has 182 valence electrons. The van der Waals surface area contributed by atoms with Crippen LogP contribution in [0.25, 0.3) is 22.1 Å². The average Bonchev–Trinajstić information content (AvgIpc) is 2.88. The molecule has 0 saturated carbocycles. The van der Waals surface area contributed by atoms with E-state index in [1.165, 1.54) is 31.4 Å². The summed E-state index contributed by atoms with van der Waals surface area (Å²) in [4.78, 5) is 15.3. The minimum atomic E-state index is -0.594. The Balaban J connectivity index is 1.67. The fourth-order valence-corrected chi connectivity index (χ4v) is 3.81. The van der Waals surface area contributed by atoms with Crippen LogP contribution < -0.4 is 19.8 Å². The molecule has 0 spiro atoms. The first-order valence-corrected chi connectivity index (χ1v) is 11.6. The highest BCUT2D eigenvalue weighted by Crippen LogP contribution is 2.38. The van der Waals surface area contributed by atoms with Crippen molar-refractivity contribution in [3.05, 3.63) is 83.0 Å². The number of rotatable bonds is 10. The molecule has 0 radical (unpaired) electrons. The molecule has 3 aromatic carbocycles. The van der Waals surface area contributed by atoms with Crippen molar-refractivity contribution in [1.82, 2.24) is 4.90 Å². The standard InChI is InChI=1S/C28H28FNO5/c1-4-30(5-2)16-17-33-21-10-12-22(13-11-21)34-27-24-15-14-23(32-3)18-25(24)35-28(31)26(27)19-6-8-20(29)9-7-19/h6-15,18H,4-5,16-17H2,1-3H3. The Morgan fingerprint density at radius 3 is 2.20 bits per heavy atom. The molecular weight excluding hydrogens is 449 g/mol. The van der Waals surface area contributed by atoms with Gasteiger partial charge in [-0.05, 0) is 67.2 Å². The lowest BCUT2D eigenvalue weighted by molar-refractivity contribution is 0.222. The smallest absolute Gasteiger partial charge is 0.348 e. The molecule has 0 fully saturated rings. The molecular formula is C28H28FNO5. The van der Waals surface area contributed by atoms with Crippen molar-refractivity contribution in [2.24, 2.45) is 0 Å². The van der Waals surface area contributed by atoms with Crippen LogP contribution in [0.1, 0.15) is 13.8 Å². The summed E-state index contributed by atoms with van der Waals surface area (Å²) in [5.74, 6) is 1.72. The third kappa shape index (κ3) is 5.63. The molecule has 0 aliphatic rings. The van der Waals surface area contributed by atoms with Gasteiger partial charge in [0.05, 0.1) is 12.5 Å². The normalized spacial score (nSPS) is 11.1. The number of halogens is 1. The number of benzene rings is 3. The molecule has 0 amide bonds. The maximum absolute atomic E-state index is 13.5. The number of ether oxygens (including phenoxy) is 3. The molecule has 4 rings (SSSR count). The number of likely N-dealkylation sites (N-methyl/N-ethyl adjacent to an activating group) is 1. The molecule has 0 saturated heterocycles. The maximum Gasteiger partial charge on any atom is 0.348 e. The van der Waals surface area contributed by atoms with E-state index in [4.69, 9.17) is 18.6 Å². The zero-order chi connectivity index (χ0) is 24.8. The quantitative estimate of drug-likeness (QED) is 0.257. The Morgan fingerprint density at radius 2 is 1.54 bits per heavy atom. The van der Waals surface area contributed by atoms with Gasteiger partial charge < -0.3 is 23.5 Å². The van der Waals surface area contributed by atoms with Crippen LogP contribution in [0.4, 0.5) is 4.39 Å². The lowest BCUT2D eigenvalue weighted by atomic mass is 10.0. The number of nitrogens with zero attached hydrogens (tertiary/aromatic N) is 1. The second-order valence-electron chi connectivity index (χ2n) is 7.91. The van der Waals surface area contributed by atoms with E-state index in [2.05, 4.69) is 18.7 Å². The molecule has 4 aromatic rings. The van der Waals surface area contributed by atoms with Crippen molar-refractivity contribution < 1.29 is 23.0 Å². The average molecular weight is 478 g/mol. The van der Waals surface area contributed by atoms with Crippen molar-refractivity contribution in [2.45, 2.75) is 13.8 Å². The third-order valence-electron chi connectivity index (χ3n) is 5.81. The van der Waals surface area contributed by atoms with E-state index in [-0.39, 0.29) is 5.56 Å². The van der Waals surface area contributed by atoms with Gasteiger partial charge in [0.2, 0.25) is 0 Å². The van der Waals surface area contributed by atoms with Gasteiger partial charge in [-0.25, -0.2) is 9.18 Å². The molecule has 6 nitrogen and oxygen atoms in total. The summed E-state index contributed by atoms with van der Waals surface area (Å²) in [6.45, 7) is 7.64. The van der Waals surface area contributed by atoms with Crippen LogP contribution in [0, 0.1) is 5.82 Å². The molecule has 1 aromatic heterocycles. The van der Waals surface area contributed by atoms with E-state index in [1.54, 1.807) is 30.3 Å². The maximum atomic E-state index is 13.5. The molecule has 0 atom stereocenters. The Labute approximate surface area is 203 Å². The summed E-state index contributed by atoms with van der Waals surface area (Å²) in [5.41, 5.74) is 0.432. The minimum Gasteiger partial charge on any atom is -0.497 e. The van der Waals surface area contributed by atoms with Crippen molar-refractivity contribution >= 4 is 11.0 Å². The summed E-state index contributed by atoms with van der Waals surface area (Å²) in [5, 5.41) is 0.587. The van der Waals surface area contributed by atoms with Crippen LogP contribution >= 0.6 is 0 Å². The van der Waals surface area contributed by atoms with Gasteiger partial charge >= 0.3 is 5.63 Å². The number of methoxy groups -OCH3 is 1. The summed E-state index contributed by atoms with van der Waals surface area (Å²) in [7, 11) is 1.54. The van der Waals surface area contributed by atoms with E-state index in [0.29, 0.717) is 40.4 Å². The van der Waals surface area contributed by atoms with E-state index in [0.717, 1.165) is 25.4 Å². The van der Waals surface area contributed by atoms with Gasteiger partial charge in [-0.15, -0.1) is 0 Å². The number of fused-ring (bicyclic) bond motifs is 1. The zero-order valence-corrected chi connectivity index (χ0v) is 20.0. The van der Waals surface area contributed by atoms with Crippen molar-refractivity contribution in [3.8, 4) is 34.1 Å². The second-order valence-corrected chi connectivity index (χ2v) is 7.91. The van der Waals surface area contributed by atoms with E-state index in [9.17, 15) is 9.18 Å². The SMILES string of the molecule is CCN(CC)CCOc1ccc(Oc2c(-c3ccc(F)cc3)c(=O)oc3cc(OC)ccc23)cc1. The van der Waals surface area contributed by atoms with Gasteiger partial charge in [0.25, 0.3) is 0 Å². The van der Waals surface area contributed by atoms with Gasteiger partial charge in [0, 0.05) is 12.6 Å². The zero-order valence-electron chi connectivity index (χ0n) is 20.0. The highest BCUT2D eigenvalue weighted by atomic mass is 19.1. The van der Waals surface area contributed by atoms with Gasteiger partial charge in [0.1, 0.15) is 40.8 Å². The Kier molecular flexibility index (Phi) is 7.67. The Hall–Kier alpha value is -3.84. The predicted octanol–water partition coefficient (Wildman–Crippen LogP) is 6.12. The van der Waals surface area contributed by atoms with Crippen LogP contribution in [0.5, 0.6) is 23.0 Å². The highest BCUT2D eigenvalue weighted by molar-refractivity contribution is 5.91. The van der Waals surface area contributed by atoms with Crippen LogP contribution in [0.15, 0.2) is 75.9 Å². The summed E-state index contributed by atoms with van der Waals surface area (Å²) >= 11 is 0.